The van der Waals surface area contributed by atoms with Gasteiger partial charge in [-0.05, 0) is 24.8 Å². The van der Waals surface area contributed by atoms with Crippen LogP contribution in [0.25, 0.3) is 5.78 Å². The van der Waals surface area contributed by atoms with Crippen LogP contribution in [0.3, 0.4) is 0 Å². The van der Waals surface area contributed by atoms with Crippen LogP contribution < -0.4 is 10.1 Å². The molecule has 6 heteroatoms. The van der Waals surface area contributed by atoms with E-state index in [0.29, 0.717) is 11.7 Å². The van der Waals surface area contributed by atoms with Crippen LogP contribution in [0.4, 0.5) is 5.82 Å². The molecule has 0 aliphatic carbocycles. The molecule has 1 N–H and O–H groups in total. The van der Waals surface area contributed by atoms with Gasteiger partial charge in [-0.3, -0.25) is 0 Å². The highest BCUT2D eigenvalue weighted by molar-refractivity contribution is 5.48. The van der Waals surface area contributed by atoms with Crippen molar-refractivity contribution in [2.75, 3.05) is 12.4 Å². The molecule has 0 saturated heterocycles. The summed E-state index contributed by atoms with van der Waals surface area (Å²) in [4.78, 5) is 8.75. The lowest BCUT2D eigenvalue weighted by Gasteiger charge is -2.24. The predicted molar refractivity (Wildman–Crippen MR) is 99.0 cm³/mol. The highest BCUT2D eigenvalue weighted by Crippen LogP contribution is 2.32. The summed E-state index contributed by atoms with van der Waals surface area (Å²) in [6.07, 6.45) is 3.36. The number of hydrogen-bond donors (Lipinski definition) is 1. The summed E-state index contributed by atoms with van der Waals surface area (Å²) in [6.45, 7) is 6.53. The van der Waals surface area contributed by atoms with Crippen molar-refractivity contribution in [1.82, 2.24) is 19.6 Å². The van der Waals surface area contributed by atoms with Crippen LogP contribution in [0.5, 0.6) is 5.75 Å². The Kier molecular flexibility index (Phi) is 5.16. The maximum atomic E-state index is 5.58. The number of anilines is 1. The Morgan fingerprint density at radius 1 is 1.24 bits per heavy atom. The van der Waals surface area contributed by atoms with Gasteiger partial charge in [0.2, 0.25) is 0 Å². The molecule has 0 spiro atoms. The Bertz CT molecular complexity index is 843. The Labute approximate surface area is 148 Å². The molecular formula is C19H25N5O. The molecule has 1 unspecified atom stereocenters. The van der Waals surface area contributed by atoms with E-state index in [1.54, 1.807) is 11.6 Å². The summed E-state index contributed by atoms with van der Waals surface area (Å²) in [7, 11) is 1.71. The molecule has 132 valence electrons. The van der Waals surface area contributed by atoms with Crippen LogP contribution in [-0.4, -0.2) is 26.7 Å². The number of fused-ring (bicyclic) bond motifs is 1. The standard InChI is InChI=1S/C19H25N5O/c1-5-14-11-18(24-19(22-14)20-12-21-24)23-16(10-13(2)3)15-8-6-7-9-17(15)25-4/h6-9,11-13,16,23H,5,10H2,1-4H3. The number of aromatic nitrogens is 4. The fraction of sp³-hybridized carbons (Fsp3) is 0.421. The molecule has 0 radical (unpaired) electrons. The summed E-state index contributed by atoms with van der Waals surface area (Å²) >= 11 is 0. The molecule has 0 amide bonds. The number of ether oxygens (including phenoxy) is 1. The molecule has 6 nitrogen and oxygen atoms in total. The van der Waals surface area contributed by atoms with Crippen molar-refractivity contribution < 1.29 is 4.74 Å². The zero-order chi connectivity index (χ0) is 17.8. The van der Waals surface area contributed by atoms with Crippen molar-refractivity contribution in [3.8, 4) is 5.75 Å². The Morgan fingerprint density at radius 3 is 2.76 bits per heavy atom. The smallest absolute Gasteiger partial charge is 0.254 e. The van der Waals surface area contributed by atoms with Gasteiger partial charge in [-0.1, -0.05) is 39.0 Å². The second-order valence-corrected chi connectivity index (χ2v) is 6.53. The van der Waals surface area contributed by atoms with E-state index in [4.69, 9.17) is 4.74 Å². The lowest BCUT2D eigenvalue weighted by Crippen LogP contribution is -2.17. The Morgan fingerprint density at radius 2 is 2.04 bits per heavy atom. The van der Waals surface area contributed by atoms with E-state index in [0.717, 1.165) is 35.7 Å². The average molecular weight is 339 g/mol. The second-order valence-electron chi connectivity index (χ2n) is 6.53. The van der Waals surface area contributed by atoms with E-state index in [2.05, 4.69) is 47.2 Å². The largest absolute Gasteiger partial charge is 0.496 e. The van der Waals surface area contributed by atoms with E-state index in [-0.39, 0.29) is 6.04 Å². The van der Waals surface area contributed by atoms with Gasteiger partial charge < -0.3 is 10.1 Å². The molecule has 0 saturated carbocycles. The third-order valence-corrected chi connectivity index (χ3v) is 4.21. The number of hydrogen-bond acceptors (Lipinski definition) is 5. The third kappa shape index (κ3) is 3.73. The molecule has 3 rings (SSSR count). The number of rotatable bonds is 7. The number of methoxy groups -OCH3 is 1. The van der Waals surface area contributed by atoms with E-state index >= 15 is 0 Å². The van der Waals surface area contributed by atoms with Gasteiger partial charge in [-0.2, -0.15) is 14.6 Å². The first kappa shape index (κ1) is 17.2. The minimum absolute atomic E-state index is 0.107. The molecule has 0 fully saturated rings. The summed E-state index contributed by atoms with van der Waals surface area (Å²) in [5.41, 5.74) is 2.13. The first-order chi connectivity index (χ1) is 12.1. The van der Waals surface area contributed by atoms with E-state index < -0.39 is 0 Å². The first-order valence-corrected chi connectivity index (χ1v) is 8.71. The molecular weight excluding hydrogens is 314 g/mol. The van der Waals surface area contributed by atoms with E-state index in [1.165, 1.54) is 6.33 Å². The monoisotopic (exact) mass is 339 g/mol. The van der Waals surface area contributed by atoms with Gasteiger partial charge in [0, 0.05) is 17.3 Å². The van der Waals surface area contributed by atoms with Gasteiger partial charge in [-0.25, -0.2) is 4.98 Å². The van der Waals surface area contributed by atoms with Crippen LogP contribution >= 0.6 is 0 Å². The molecule has 2 heterocycles. The summed E-state index contributed by atoms with van der Waals surface area (Å²) < 4.78 is 7.33. The fourth-order valence-corrected chi connectivity index (χ4v) is 3.01. The van der Waals surface area contributed by atoms with E-state index in [9.17, 15) is 0 Å². The molecule has 0 bridgehead atoms. The SMILES string of the molecule is CCc1cc(NC(CC(C)C)c2ccccc2OC)n2ncnc2n1. The highest BCUT2D eigenvalue weighted by atomic mass is 16.5. The third-order valence-electron chi connectivity index (χ3n) is 4.21. The number of aryl methyl sites for hydroxylation is 1. The molecule has 2 aromatic heterocycles. The topological polar surface area (TPSA) is 64.3 Å². The minimum Gasteiger partial charge on any atom is -0.496 e. The second kappa shape index (κ2) is 7.51. The van der Waals surface area contributed by atoms with Crippen LogP contribution in [0.15, 0.2) is 36.7 Å². The van der Waals surface area contributed by atoms with Crippen molar-refractivity contribution in [2.45, 2.75) is 39.7 Å². The zero-order valence-corrected chi connectivity index (χ0v) is 15.2. The molecule has 0 aliphatic rings. The van der Waals surface area contributed by atoms with Crippen LogP contribution in [-0.2, 0) is 6.42 Å². The quantitative estimate of drug-likeness (QED) is 0.707. The normalized spacial score (nSPS) is 12.5. The molecule has 1 aromatic carbocycles. The van der Waals surface area contributed by atoms with Gasteiger partial charge in [0.25, 0.3) is 5.78 Å². The van der Waals surface area contributed by atoms with Crippen molar-refractivity contribution >= 4 is 11.6 Å². The fourth-order valence-electron chi connectivity index (χ4n) is 3.01. The molecule has 0 aliphatic heterocycles. The van der Waals surface area contributed by atoms with Crippen molar-refractivity contribution in [3.05, 3.63) is 47.9 Å². The number of nitrogens with zero attached hydrogens (tertiary/aromatic N) is 4. The maximum absolute atomic E-state index is 5.58. The minimum atomic E-state index is 0.107. The van der Waals surface area contributed by atoms with Crippen LogP contribution in [0.2, 0.25) is 0 Å². The number of benzene rings is 1. The Balaban J connectivity index is 2.02. The van der Waals surface area contributed by atoms with Gasteiger partial charge >= 0.3 is 0 Å². The lowest BCUT2D eigenvalue weighted by molar-refractivity contribution is 0.402. The summed E-state index contributed by atoms with van der Waals surface area (Å²) in [6, 6.07) is 10.3. The number of nitrogens with one attached hydrogen (secondary N) is 1. The Hall–Kier alpha value is -2.63. The first-order valence-electron chi connectivity index (χ1n) is 8.71. The van der Waals surface area contributed by atoms with Gasteiger partial charge in [0.15, 0.2) is 0 Å². The zero-order valence-electron chi connectivity index (χ0n) is 15.2. The van der Waals surface area contributed by atoms with Crippen molar-refractivity contribution in [3.63, 3.8) is 0 Å². The lowest BCUT2D eigenvalue weighted by atomic mass is 9.96. The van der Waals surface area contributed by atoms with Crippen LogP contribution in [0.1, 0.15) is 44.5 Å². The highest BCUT2D eigenvalue weighted by Gasteiger charge is 2.19. The summed E-state index contributed by atoms with van der Waals surface area (Å²) in [5.74, 6) is 2.93. The van der Waals surface area contributed by atoms with Crippen molar-refractivity contribution in [2.24, 2.45) is 5.92 Å². The van der Waals surface area contributed by atoms with Gasteiger partial charge in [-0.15, -0.1) is 0 Å². The predicted octanol–water partition coefficient (Wildman–Crippen LogP) is 3.89. The van der Waals surface area contributed by atoms with Crippen molar-refractivity contribution in [1.29, 1.82) is 0 Å². The van der Waals surface area contributed by atoms with Gasteiger partial charge in [0.1, 0.15) is 17.9 Å². The van der Waals surface area contributed by atoms with Crippen LogP contribution in [0, 0.1) is 5.92 Å². The summed E-state index contributed by atoms with van der Waals surface area (Å²) in [5, 5.41) is 7.96. The number of para-hydroxylation sites is 1. The van der Waals surface area contributed by atoms with Gasteiger partial charge in [0.05, 0.1) is 13.2 Å². The molecule has 25 heavy (non-hydrogen) atoms. The average Bonchev–Trinajstić information content (AvgIpc) is 3.09. The van der Waals surface area contributed by atoms with E-state index in [1.807, 2.05) is 24.3 Å². The molecule has 3 aromatic rings. The molecule has 1 atom stereocenters. The maximum Gasteiger partial charge on any atom is 0.254 e.